The highest BCUT2D eigenvalue weighted by molar-refractivity contribution is 7.80. The molecule has 0 bridgehead atoms. The van der Waals surface area contributed by atoms with E-state index < -0.39 is 11.9 Å². The molecule has 2 heterocycles. The molecule has 0 aliphatic heterocycles. The van der Waals surface area contributed by atoms with E-state index in [-0.39, 0.29) is 23.0 Å². The Labute approximate surface area is 337 Å². The molecule has 6 rings (SSSR count). The van der Waals surface area contributed by atoms with Crippen molar-refractivity contribution >= 4 is 92.3 Å². The molecule has 54 heavy (non-hydrogen) atoms. The van der Waals surface area contributed by atoms with Gasteiger partial charge < -0.3 is 20.8 Å². The molecule has 7 nitrogen and oxygen atoms in total. The number of carboxylic acids is 2. The minimum Gasteiger partial charge on any atom is -0.478 e. The van der Waals surface area contributed by atoms with E-state index >= 15 is 0 Å². The molecule has 0 fully saturated rings. The van der Waals surface area contributed by atoms with Crippen molar-refractivity contribution in [3.8, 4) is 20.9 Å². The number of nitrogens with one attached hydrogen (secondary N) is 2. The van der Waals surface area contributed by atoms with Crippen molar-refractivity contribution in [2.75, 3.05) is 10.6 Å². The number of rotatable bonds is 12. The number of carboxylic acid groups (broad SMARTS) is 2. The lowest BCUT2D eigenvalue weighted by Gasteiger charge is -2.12. The summed E-state index contributed by atoms with van der Waals surface area (Å²) in [6.07, 6.45) is 2.05. The van der Waals surface area contributed by atoms with Crippen LogP contribution in [0.15, 0.2) is 114 Å². The number of hydrogen-bond acceptors (Lipinski definition) is 6. The van der Waals surface area contributed by atoms with Crippen LogP contribution < -0.4 is 10.6 Å². The van der Waals surface area contributed by atoms with Crippen LogP contribution in [0.2, 0.25) is 10.0 Å². The van der Waals surface area contributed by atoms with E-state index in [1.165, 1.54) is 33.8 Å². The summed E-state index contributed by atoms with van der Waals surface area (Å²) in [5, 5.41) is 29.9. The summed E-state index contributed by atoms with van der Waals surface area (Å²) in [5.41, 5.74) is 6.25. The average molecular weight is 816 g/mol. The first-order chi connectivity index (χ1) is 25.9. The van der Waals surface area contributed by atoms with Crippen LogP contribution >= 0.6 is 58.1 Å². The minimum absolute atomic E-state index is 0.0996. The van der Waals surface area contributed by atoms with Crippen LogP contribution in [-0.4, -0.2) is 33.0 Å². The third-order valence-corrected chi connectivity index (χ3v) is 11.2. The molecule has 0 aliphatic rings. The second-order valence-corrected chi connectivity index (χ2v) is 15.6. The molecule has 12 heteroatoms. The Morgan fingerprint density at radius 2 is 1.20 bits per heavy atom. The van der Waals surface area contributed by atoms with Gasteiger partial charge in [0.15, 0.2) is 0 Å². The highest BCUT2D eigenvalue weighted by Gasteiger charge is 2.23. The summed E-state index contributed by atoms with van der Waals surface area (Å²) in [6.45, 7) is 3.89. The van der Waals surface area contributed by atoms with Crippen LogP contribution in [0.5, 0.6) is 0 Å². The average Bonchev–Trinajstić information content (AvgIpc) is 3.77. The van der Waals surface area contributed by atoms with Gasteiger partial charge in [-0.15, -0.1) is 22.7 Å². The summed E-state index contributed by atoms with van der Waals surface area (Å²) in [5.74, 6) is -2.55. The summed E-state index contributed by atoms with van der Waals surface area (Å²) in [7, 11) is 0. The number of thiophene rings is 2. The Morgan fingerprint density at radius 1 is 0.704 bits per heavy atom. The SMILES string of the molecule is CC(Cc1ccccc1)C(=O)Nc1csc(-c2ccc(Cl)cc2)c1C(=O)O.Cc1cccc(CCC(=S)Nc2csc(-c3ccc(Cl)cc3)c2C(=O)O)c1. The first kappa shape index (κ1) is 40.3. The number of hydrogen-bond donors (Lipinski definition) is 4. The Bertz CT molecular complexity index is 2250. The van der Waals surface area contributed by atoms with Gasteiger partial charge in [-0.3, -0.25) is 4.79 Å². The van der Waals surface area contributed by atoms with Crippen molar-refractivity contribution in [3.05, 3.63) is 152 Å². The lowest BCUT2D eigenvalue weighted by Crippen LogP contribution is -2.23. The van der Waals surface area contributed by atoms with Crippen LogP contribution in [-0.2, 0) is 17.6 Å². The predicted molar refractivity (Wildman–Crippen MR) is 227 cm³/mol. The van der Waals surface area contributed by atoms with Gasteiger partial charge in [0.05, 0.1) is 26.1 Å². The number of carbonyl (C=O) groups excluding carboxylic acids is 1. The van der Waals surface area contributed by atoms with Crippen LogP contribution in [0.3, 0.4) is 0 Å². The number of benzene rings is 4. The Hall–Kier alpha value is -4.84. The molecule has 1 amide bonds. The fourth-order valence-electron chi connectivity index (χ4n) is 5.61. The molecule has 2 aromatic heterocycles. The number of thiocarbonyl (C=S) groups is 1. The van der Waals surface area contributed by atoms with Crippen molar-refractivity contribution in [3.63, 3.8) is 0 Å². The van der Waals surface area contributed by atoms with Crippen LogP contribution in [0.25, 0.3) is 20.9 Å². The topological polar surface area (TPSA) is 116 Å². The summed E-state index contributed by atoms with van der Waals surface area (Å²) in [6, 6.07) is 32.1. The van der Waals surface area contributed by atoms with E-state index in [9.17, 15) is 24.6 Å². The van der Waals surface area contributed by atoms with Crippen molar-refractivity contribution in [2.24, 2.45) is 5.92 Å². The molecule has 1 unspecified atom stereocenters. The third kappa shape index (κ3) is 10.9. The largest absolute Gasteiger partial charge is 0.478 e. The first-order valence-corrected chi connectivity index (χ1v) is 19.7. The zero-order chi connectivity index (χ0) is 38.8. The molecule has 6 aromatic rings. The zero-order valence-electron chi connectivity index (χ0n) is 29.3. The van der Waals surface area contributed by atoms with Gasteiger partial charge in [-0.1, -0.05) is 127 Å². The monoisotopic (exact) mass is 814 g/mol. The highest BCUT2D eigenvalue weighted by atomic mass is 35.5. The van der Waals surface area contributed by atoms with Gasteiger partial charge >= 0.3 is 11.9 Å². The summed E-state index contributed by atoms with van der Waals surface area (Å²) < 4.78 is 0. The van der Waals surface area contributed by atoms with Gasteiger partial charge in [-0.2, -0.15) is 0 Å². The van der Waals surface area contributed by atoms with Crippen LogP contribution in [0.1, 0.15) is 50.8 Å². The van der Waals surface area contributed by atoms with Gasteiger partial charge in [0.1, 0.15) is 11.1 Å². The fourth-order valence-corrected chi connectivity index (χ4v) is 8.07. The van der Waals surface area contributed by atoms with Gasteiger partial charge in [0.2, 0.25) is 5.91 Å². The van der Waals surface area contributed by atoms with E-state index in [1.54, 1.807) is 47.2 Å². The van der Waals surface area contributed by atoms with Gasteiger partial charge in [0.25, 0.3) is 0 Å². The normalized spacial score (nSPS) is 11.2. The van der Waals surface area contributed by atoms with Gasteiger partial charge in [-0.05, 0) is 66.3 Å². The van der Waals surface area contributed by atoms with Gasteiger partial charge in [-0.25, -0.2) is 9.59 Å². The lowest BCUT2D eigenvalue weighted by atomic mass is 10.00. The van der Waals surface area contributed by atoms with Crippen molar-refractivity contribution < 1.29 is 24.6 Å². The first-order valence-electron chi connectivity index (χ1n) is 16.8. The smallest absolute Gasteiger partial charge is 0.339 e. The van der Waals surface area contributed by atoms with E-state index in [0.717, 1.165) is 23.1 Å². The van der Waals surface area contributed by atoms with Crippen molar-refractivity contribution in [1.29, 1.82) is 0 Å². The molecule has 0 spiro atoms. The Morgan fingerprint density at radius 3 is 1.70 bits per heavy atom. The maximum Gasteiger partial charge on any atom is 0.339 e. The van der Waals surface area contributed by atoms with E-state index in [4.69, 9.17) is 35.4 Å². The number of halogens is 2. The van der Waals surface area contributed by atoms with Crippen LogP contribution in [0.4, 0.5) is 11.4 Å². The second-order valence-electron chi connectivity index (χ2n) is 12.4. The molecule has 276 valence electrons. The molecule has 0 radical (unpaired) electrons. The molecule has 4 aromatic carbocycles. The predicted octanol–water partition coefficient (Wildman–Crippen LogP) is 12.0. The number of carbonyl (C=O) groups is 3. The zero-order valence-corrected chi connectivity index (χ0v) is 33.2. The maximum atomic E-state index is 12.6. The molecule has 1 atom stereocenters. The molecule has 0 aliphatic carbocycles. The van der Waals surface area contributed by atoms with Gasteiger partial charge in [0, 0.05) is 33.1 Å². The highest BCUT2D eigenvalue weighted by Crippen LogP contribution is 2.38. The molecule has 0 saturated heterocycles. The summed E-state index contributed by atoms with van der Waals surface area (Å²) in [4.78, 5) is 38.1. The van der Waals surface area contributed by atoms with E-state index in [2.05, 4.69) is 35.8 Å². The molecular formula is C42H36Cl2N2O5S3. The minimum atomic E-state index is -1.08. The quantitative estimate of drug-likeness (QED) is 0.0909. The standard InChI is InChI=1S/C21H18ClNO3S.C21H18ClNO2S2/c1-13(11-14-5-3-2-4-6-14)20(24)23-17-12-27-19(18(17)21(25)26)15-7-9-16(22)10-8-15;1-13-3-2-4-14(11-13)5-10-18(26)23-17-12-27-20(19(17)21(24)25)15-6-8-16(22)9-7-15/h2-10,12-13H,11H2,1H3,(H,23,24)(H,25,26);2-4,6-9,11-12H,5,10H2,1H3,(H,23,26)(H,24,25). The Balaban J connectivity index is 0.000000208. The van der Waals surface area contributed by atoms with Crippen molar-refractivity contribution in [1.82, 2.24) is 0 Å². The Kier molecular flexibility index (Phi) is 14.2. The lowest BCUT2D eigenvalue weighted by molar-refractivity contribution is -0.119. The maximum absolute atomic E-state index is 12.6. The van der Waals surface area contributed by atoms with E-state index in [0.29, 0.717) is 49.0 Å². The third-order valence-electron chi connectivity index (χ3n) is 8.31. The molecule has 0 saturated carbocycles. The molecule has 4 N–H and O–H groups in total. The number of anilines is 2. The van der Waals surface area contributed by atoms with Crippen LogP contribution in [0, 0.1) is 12.8 Å². The summed E-state index contributed by atoms with van der Waals surface area (Å²) >= 11 is 19.9. The fraction of sp³-hybridized carbons (Fsp3) is 0.143. The number of amides is 1. The number of aryl methyl sites for hydroxylation is 2. The number of aromatic carboxylic acids is 2. The van der Waals surface area contributed by atoms with E-state index in [1.807, 2.05) is 55.5 Å². The van der Waals surface area contributed by atoms with Crippen molar-refractivity contribution in [2.45, 2.75) is 33.1 Å². The molecular weight excluding hydrogens is 780 g/mol. The second kappa shape index (κ2) is 19.0.